The average Bonchev–Trinajstić information content (AvgIpc) is 2.10. The number of rotatable bonds is 6. The van der Waals surface area contributed by atoms with E-state index in [2.05, 4.69) is 23.2 Å². The van der Waals surface area contributed by atoms with Crippen LogP contribution in [0.25, 0.3) is 0 Å². The Labute approximate surface area is 79.2 Å². The van der Waals surface area contributed by atoms with Gasteiger partial charge in [-0.05, 0) is 0 Å². The molecular weight excluding hydrogens is 198 g/mol. The second kappa shape index (κ2) is 6.23. The third-order valence-corrected chi connectivity index (χ3v) is 1.49. The molecule has 3 N–H and O–H groups in total. The number of carbonyl (C=O) groups is 2. The van der Waals surface area contributed by atoms with Gasteiger partial charge in [0.1, 0.15) is 12.6 Å². The van der Waals surface area contributed by atoms with Gasteiger partial charge in [-0.25, -0.2) is 0 Å². The number of hydrogen-bond acceptors (Lipinski definition) is 5. The van der Waals surface area contributed by atoms with Crippen LogP contribution >= 0.6 is 12.6 Å². The minimum Gasteiger partial charge on any atom is -0.480 e. The summed E-state index contributed by atoms with van der Waals surface area (Å²) in [6, 6.07) is -0.903. The smallest absolute Gasteiger partial charge is 0.322 e. The van der Waals surface area contributed by atoms with Crippen LogP contribution in [-0.2, 0) is 9.59 Å². The Morgan fingerprint density at radius 2 is 2.15 bits per heavy atom. The summed E-state index contributed by atoms with van der Waals surface area (Å²) < 4.78 is 0. The van der Waals surface area contributed by atoms with Gasteiger partial charge >= 0.3 is 5.97 Å². The maximum Gasteiger partial charge on any atom is 0.322 e. The summed E-state index contributed by atoms with van der Waals surface area (Å²) in [6.45, 7) is -0.496. The normalized spacial score (nSPS) is 11.5. The SMILES string of the molecule is O=NNC(CS)C(=O)NCC(=O)O. The van der Waals surface area contributed by atoms with Crippen molar-refractivity contribution < 1.29 is 14.7 Å². The van der Waals surface area contributed by atoms with Gasteiger partial charge in [0.05, 0.1) is 5.29 Å². The van der Waals surface area contributed by atoms with Crippen molar-refractivity contribution in [2.45, 2.75) is 6.04 Å². The van der Waals surface area contributed by atoms with Crippen molar-refractivity contribution in [3.05, 3.63) is 4.91 Å². The molecule has 0 rings (SSSR count). The summed E-state index contributed by atoms with van der Waals surface area (Å²) in [5.74, 6) is -1.74. The van der Waals surface area contributed by atoms with Gasteiger partial charge in [0.15, 0.2) is 0 Å². The summed E-state index contributed by atoms with van der Waals surface area (Å²) in [5, 5.41) is 12.6. The number of nitrogens with one attached hydrogen (secondary N) is 2. The van der Waals surface area contributed by atoms with E-state index in [-0.39, 0.29) is 5.75 Å². The van der Waals surface area contributed by atoms with Crippen LogP contribution in [0.3, 0.4) is 0 Å². The molecule has 0 aromatic heterocycles. The molecule has 0 bridgehead atoms. The molecule has 0 aliphatic carbocycles. The molecule has 13 heavy (non-hydrogen) atoms. The molecule has 0 saturated carbocycles. The zero-order chi connectivity index (χ0) is 10.3. The molecule has 0 aromatic carbocycles. The predicted octanol–water partition coefficient (Wildman–Crippen LogP) is -1.24. The maximum atomic E-state index is 11.0. The van der Waals surface area contributed by atoms with Crippen LogP contribution in [0.1, 0.15) is 0 Å². The Hall–Kier alpha value is -1.31. The van der Waals surface area contributed by atoms with E-state index < -0.39 is 24.5 Å². The van der Waals surface area contributed by atoms with Gasteiger partial charge in [0.25, 0.3) is 0 Å². The molecule has 0 aromatic rings. The Kier molecular flexibility index (Phi) is 5.60. The fourth-order valence-corrected chi connectivity index (χ4v) is 0.779. The Balaban J connectivity index is 3.90. The maximum absolute atomic E-state index is 11.0. The van der Waals surface area contributed by atoms with E-state index in [4.69, 9.17) is 5.11 Å². The lowest BCUT2D eigenvalue weighted by molar-refractivity contribution is -0.138. The minimum atomic E-state index is -1.16. The van der Waals surface area contributed by atoms with E-state index in [0.717, 1.165) is 0 Å². The first-order chi connectivity index (χ1) is 6.11. The third-order valence-electron chi connectivity index (χ3n) is 1.12. The quantitative estimate of drug-likeness (QED) is 0.247. The van der Waals surface area contributed by atoms with Crippen LogP contribution in [0.15, 0.2) is 5.29 Å². The fraction of sp³-hybridized carbons (Fsp3) is 0.600. The first-order valence-corrected chi connectivity index (χ1v) is 3.93. The summed E-state index contributed by atoms with van der Waals surface area (Å²) >= 11 is 3.76. The first-order valence-electron chi connectivity index (χ1n) is 3.30. The van der Waals surface area contributed by atoms with Crippen LogP contribution < -0.4 is 10.7 Å². The van der Waals surface area contributed by atoms with Crippen molar-refractivity contribution in [2.75, 3.05) is 12.3 Å². The highest BCUT2D eigenvalue weighted by atomic mass is 32.1. The molecule has 74 valence electrons. The van der Waals surface area contributed by atoms with Gasteiger partial charge < -0.3 is 10.4 Å². The van der Waals surface area contributed by atoms with E-state index in [9.17, 15) is 14.5 Å². The van der Waals surface area contributed by atoms with Gasteiger partial charge in [0.2, 0.25) is 5.91 Å². The Morgan fingerprint density at radius 1 is 1.54 bits per heavy atom. The van der Waals surface area contributed by atoms with Crippen molar-refractivity contribution in [1.82, 2.24) is 10.7 Å². The molecule has 0 radical (unpaired) electrons. The number of carboxylic acid groups (broad SMARTS) is 1. The second-order valence-electron chi connectivity index (χ2n) is 2.07. The third kappa shape index (κ3) is 5.01. The Morgan fingerprint density at radius 3 is 2.54 bits per heavy atom. The number of nitrogens with zero attached hydrogens (tertiary/aromatic N) is 1. The zero-order valence-electron chi connectivity index (χ0n) is 6.56. The molecule has 0 aliphatic rings. The molecule has 0 heterocycles. The largest absolute Gasteiger partial charge is 0.480 e. The molecular formula is C5H9N3O4S. The molecule has 1 atom stereocenters. The van der Waals surface area contributed by atoms with Gasteiger partial charge in [-0.3, -0.25) is 15.0 Å². The molecule has 0 spiro atoms. The molecule has 0 fully saturated rings. The Bertz CT molecular complexity index is 210. The number of carbonyl (C=O) groups excluding carboxylic acids is 1. The lowest BCUT2D eigenvalue weighted by Crippen LogP contribution is -2.44. The minimum absolute atomic E-state index is 0.0528. The highest BCUT2D eigenvalue weighted by molar-refractivity contribution is 7.80. The van der Waals surface area contributed by atoms with Crippen molar-refractivity contribution in [3.8, 4) is 0 Å². The standard InChI is InChI=1S/C5H9N3O4S/c9-4(10)1-6-5(11)3(2-13)7-8-12/h3,13H,1-2H2,(H,6,11)(H,7,12)(H,9,10). The fourth-order valence-electron chi connectivity index (χ4n) is 0.532. The number of amides is 1. The zero-order valence-corrected chi connectivity index (χ0v) is 7.45. The van der Waals surface area contributed by atoms with Gasteiger partial charge in [-0.1, -0.05) is 0 Å². The molecule has 1 unspecified atom stereocenters. The molecule has 7 nitrogen and oxygen atoms in total. The number of aliphatic carboxylic acids is 1. The highest BCUT2D eigenvalue weighted by Gasteiger charge is 2.16. The molecule has 0 saturated heterocycles. The summed E-state index contributed by atoms with van der Waals surface area (Å²) in [7, 11) is 0. The number of hydrogen-bond donors (Lipinski definition) is 4. The van der Waals surface area contributed by atoms with Gasteiger partial charge in [-0.2, -0.15) is 12.6 Å². The predicted molar refractivity (Wildman–Crippen MR) is 47.2 cm³/mol. The first kappa shape index (κ1) is 11.7. The molecule has 0 aliphatic heterocycles. The van der Waals surface area contributed by atoms with Crippen LogP contribution in [0.5, 0.6) is 0 Å². The van der Waals surface area contributed by atoms with Gasteiger partial charge in [0, 0.05) is 5.75 Å². The highest BCUT2D eigenvalue weighted by Crippen LogP contribution is 1.87. The van der Waals surface area contributed by atoms with E-state index in [0.29, 0.717) is 0 Å². The monoisotopic (exact) mass is 207 g/mol. The van der Waals surface area contributed by atoms with Crippen molar-refractivity contribution in [3.63, 3.8) is 0 Å². The van der Waals surface area contributed by atoms with Crippen LogP contribution in [0.2, 0.25) is 0 Å². The van der Waals surface area contributed by atoms with E-state index in [1.54, 1.807) is 0 Å². The number of nitroso groups, excluding NO2 is 1. The van der Waals surface area contributed by atoms with Crippen molar-refractivity contribution in [1.29, 1.82) is 0 Å². The van der Waals surface area contributed by atoms with Crippen LogP contribution in [-0.4, -0.2) is 35.3 Å². The number of thiol groups is 1. The van der Waals surface area contributed by atoms with Crippen LogP contribution in [0.4, 0.5) is 0 Å². The van der Waals surface area contributed by atoms with Crippen LogP contribution in [0, 0.1) is 4.91 Å². The van der Waals surface area contributed by atoms with Crippen molar-refractivity contribution in [2.24, 2.45) is 5.29 Å². The molecule has 1 amide bonds. The lowest BCUT2D eigenvalue weighted by atomic mass is 10.3. The average molecular weight is 207 g/mol. The topological polar surface area (TPSA) is 108 Å². The lowest BCUT2D eigenvalue weighted by Gasteiger charge is -2.10. The molecule has 8 heteroatoms. The van der Waals surface area contributed by atoms with E-state index >= 15 is 0 Å². The van der Waals surface area contributed by atoms with Crippen molar-refractivity contribution >= 4 is 24.5 Å². The summed E-state index contributed by atoms with van der Waals surface area (Å²) in [6.07, 6.45) is 0. The van der Waals surface area contributed by atoms with Gasteiger partial charge in [-0.15, -0.1) is 4.91 Å². The number of carboxylic acids is 1. The summed E-state index contributed by atoms with van der Waals surface area (Å²) in [5.41, 5.74) is 1.94. The second-order valence-corrected chi connectivity index (χ2v) is 2.43. The van der Waals surface area contributed by atoms with E-state index in [1.807, 2.05) is 5.43 Å². The summed E-state index contributed by atoms with van der Waals surface area (Å²) in [4.78, 5) is 30.7. The van der Waals surface area contributed by atoms with E-state index in [1.165, 1.54) is 0 Å².